The number of nitrogens with one attached hydrogen (secondary N) is 2. The van der Waals surface area contributed by atoms with Crippen molar-refractivity contribution in [1.29, 1.82) is 0 Å². The lowest BCUT2D eigenvalue weighted by Gasteiger charge is -2.12. The van der Waals surface area contributed by atoms with Crippen LogP contribution in [-0.4, -0.2) is 26.7 Å². The van der Waals surface area contributed by atoms with Gasteiger partial charge in [0.15, 0.2) is 5.96 Å². The van der Waals surface area contributed by atoms with Crippen molar-refractivity contribution in [1.82, 2.24) is 10.6 Å². The van der Waals surface area contributed by atoms with Crippen molar-refractivity contribution in [2.24, 2.45) is 4.99 Å². The zero-order valence-electron chi connectivity index (χ0n) is 12.8. The summed E-state index contributed by atoms with van der Waals surface area (Å²) in [7, 11) is 3.48. The maximum atomic E-state index is 5.27. The molecule has 0 atom stereocenters. The first-order chi connectivity index (χ1) is 9.19. The summed E-state index contributed by atoms with van der Waals surface area (Å²) in [5.41, 5.74) is 2.39. The van der Waals surface area contributed by atoms with E-state index >= 15 is 0 Å². The summed E-state index contributed by atoms with van der Waals surface area (Å²) in [6.45, 7) is 5.94. The predicted octanol–water partition coefficient (Wildman–Crippen LogP) is 3.09. The van der Waals surface area contributed by atoms with Gasteiger partial charge in [-0.25, -0.2) is 0 Å². The molecular weight excluding hydrogens is 365 g/mol. The van der Waals surface area contributed by atoms with Crippen molar-refractivity contribution in [2.75, 3.05) is 20.7 Å². The zero-order chi connectivity index (χ0) is 14.1. The second kappa shape index (κ2) is 10.8. The predicted molar refractivity (Wildman–Crippen MR) is 96.3 cm³/mol. The molecule has 0 aliphatic rings. The van der Waals surface area contributed by atoms with Gasteiger partial charge >= 0.3 is 0 Å². The zero-order valence-corrected chi connectivity index (χ0v) is 15.2. The molecule has 0 amide bonds. The van der Waals surface area contributed by atoms with Gasteiger partial charge in [-0.15, -0.1) is 24.0 Å². The molecular formula is C15H26IN3O. The van der Waals surface area contributed by atoms with Crippen LogP contribution in [0.3, 0.4) is 0 Å². The highest BCUT2D eigenvalue weighted by atomic mass is 127. The van der Waals surface area contributed by atoms with Gasteiger partial charge < -0.3 is 15.4 Å². The SMILES string of the molecule is CCCCNC(=NC)NCc1cc(C)cc(OC)c1.I. The highest BCUT2D eigenvalue weighted by Gasteiger charge is 2.01. The molecule has 0 bridgehead atoms. The van der Waals surface area contributed by atoms with Gasteiger partial charge in [0.1, 0.15) is 5.75 Å². The fourth-order valence-corrected chi connectivity index (χ4v) is 1.83. The van der Waals surface area contributed by atoms with Crippen LogP contribution in [0.1, 0.15) is 30.9 Å². The first kappa shape index (κ1) is 19.0. The molecule has 0 unspecified atom stereocenters. The van der Waals surface area contributed by atoms with E-state index in [1.807, 2.05) is 12.1 Å². The Balaban J connectivity index is 0.00000361. The van der Waals surface area contributed by atoms with Gasteiger partial charge in [-0.3, -0.25) is 4.99 Å². The molecule has 20 heavy (non-hydrogen) atoms. The van der Waals surface area contributed by atoms with Crippen molar-refractivity contribution in [2.45, 2.75) is 33.2 Å². The molecule has 2 N–H and O–H groups in total. The largest absolute Gasteiger partial charge is 0.497 e. The normalized spacial score (nSPS) is 10.7. The van der Waals surface area contributed by atoms with E-state index in [1.165, 1.54) is 17.5 Å². The van der Waals surface area contributed by atoms with E-state index in [2.05, 4.69) is 35.5 Å². The van der Waals surface area contributed by atoms with Gasteiger partial charge in [0, 0.05) is 20.1 Å². The minimum atomic E-state index is 0. The lowest BCUT2D eigenvalue weighted by molar-refractivity contribution is 0.414. The standard InChI is InChI=1S/C15H25N3O.HI/c1-5-6-7-17-15(16-3)18-11-13-8-12(2)9-14(10-13)19-4;/h8-10H,5-7,11H2,1-4H3,(H2,16,17,18);1H. The Hall–Kier alpha value is -0.980. The lowest BCUT2D eigenvalue weighted by atomic mass is 10.1. The van der Waals surface area contributed by atoms with Gasteiger partial charge in [-0.2, -0.15) is 0 Å². The Kier molecular flexibility index (Phi) is 10.2. The monoisotopic (exact) mass is 391 g/mol. The average molecular weight is 391 g/mol. The maximum absolute atomic E-state index is 5.27. The van der Waals surface area contributed by atoms with E-state index in [0.29, 0.717) is 0 Å². The van der Waals surface area contributed by atoms with Crippen LogP contribution in [-0.2, 0) is 6.54 Å². The molecule has 0 aliphatic carbocycles. The number of unbranched alkanes of at least 4 members (excludes halogenated alkanes) is 1. The van der Waals surface area contributed by atoms with Crippen LogP contribution < -0.4 is 15.4 Å². The second-order valence-electron chi connectivity index (χ2n) is 4.56. The minimum absolute atomic E-state index is 0. The molecule has 0 fully saturated rings. The van der Waals surface area contributed by atoms with Gasteiger partial charge in [0.2, 0.25) is 0 Å². The number of aryl methyl sites for hydroxylation is 1. The van der Waals surface area contributed by atoms with Crippen molar-refractivity contribution >= 4 is 29.9 Å². The maximum Gasteiger partial charge on any atom is 0.191 e. The molecule has 114 valence electrons. The molecule has 1 aromatic carbocycles. The highest BCUT2D eigenvalue weighted by Crippen LogP contribution is 2.16. The number of benzene rings is 1. The summed E-state index contributed by atoms with van der Waals surface area (Å²) in [6.07, 6.45) is 2.33. The van der Waals surface area contributed by atoms with Gasteiger partial charge in [0.05, 0.1) is 7.11 Å². The van der Waals surface area contributed by atoms with Gasteiger partial charge in [-0.05, 0) is 36.6 Å². The third-order valence-corrected chi connectivity index (χ3v) is 2.85. The topological polar surface area (TPSA) is 45.7 Å². The minimum Gasteiger partial charge on any atom is -0.497 e. The third kappa shape index (κ3) is 6.98. The molecule has 0 spiro atoms. The Bertz CT molecular complexity index is 422. The van der Waals surface area contributed by atoms with E-state index in [4.69, 9.17) is 4.74 Å². The number of nitrogens with zero attached hydrogens (tertiary/aromatic N) is 1. The molecule has 0 aliphatic heterocycles. The smallest absolute Gasteiger partial charge is 0.191 e. The van der Waals surface area contributed by atoms with E-state index < -0.39 is 0 Å². The number of aliphatic imine (C=N–C) groups is 1. The van der Waals surface area contributed by atoms with Crippen LogP contribution in [0.25, 0.3) is 0 Å². The number of halogens is 1. The first-order valence-electron chi connectivity index (χ1n) is 6.78. The van der Waals surface area contributed by atoms with Gasteiger partial charge in [-0.1, -0.05) is 19.4 Å². The second-order valence-corrected chi connectivity index (χ2v) is 4.56. The van der Waals surface area contributed by atoms with Gasteiger partial charge in [0.25, 0.3) is 0 Å². The summed E-state index contributed by atoms with van der Waals surface area (Å²) in [6, 6.07) is 6.21. The average Bonchev–Trinajstić information content (AvgIpc) is 2.42. The fraction of sp³-hybridized carbons (Fsp3) is 0.533. The van der Waals surface area contributed by atoms with Crippen LogP contribution in [0.2, 0.25) is 0 Å². The molecule has 0 saturated carbocycles. The molecule has 1 aromatic rings. The highest BCUT2D eigenvalue weighted by molar-refractivity contribution is 14.0. The van der Waals surface area contributed by atoms with Crippen molar-refractivity contribution in [3.63, 3.8) is 0 Å². The van der Waals surface area contributed by atoms with Crippen LogP contribution in [0.15, 0.2) is 23.2 Å². The van der Waals surface area contributed by atoms with Crippen molar-refractivity contribution < 1.29 is 4.74 Å². The van der Waals surface area contributed by atoms with E-state index in [-0.39, 0.29) is 24.0 Å². The first-order valence-corrected chi connectivity index (χ1v) is 6.78. The molecule has 0 aromatic heterocycles. The number of hydrogen-bond donors (Lipinski definition) is 2. The molecule has 0 saturated heterocycles. The lowest BCUT2D eigenvalue weighted by Crippen LogP contribution is -2.37. The molecule has 0 heterocycles. The Morgan fingerprint density at radius 3 is 2.60 bits per heavy atom. The van der Waals surface area contributed by atoms with Crippen molar-refractivity contribution in [3.05, 3.63) is 29.3 Å². The summed E-state index contributed by atoms with van der Waals surface area (Å²) in [4.78, 5) is 4.20. The summed E-state index contributed by atoms with van der Waals surface area (Å²) in [5, 5.41) is 6.60. The summed E-state index contributed by atoms with van der Waals surface area (Å²) in [5.74, 6) is 1.74. The fourth-order valence-electron chi connectivity index (χ4n) is 1.83. The van der Waals surface area contributed by atoms with Crippen LogP contribution in [0.4, 0.5) is 0 Å². The quantitative estimate of drug-likeness (QED) is 0.339. The number of hydrogen-bond acceptors (Lipinski definition) is 2. The van der Waals surface area contributed by atoms with Crippen molar-refractivity contribution in [3.8, 4) is 5.75 Å². The van der Waals surface area contributed by atoms with Crippen LogP contribution >= 0.6 is 24.0 Å². The van der Waals surface area contributed by atoms with E-state index in [1.54, 1.807) is 14.2 Å². The molecule has 0 radical (unpaired) electrons. The molecule has 5 heteroatoms. The summed E-state index contributed by atoms with van der Waals surface area (Å²) < 4.78 is 5.27. The number of methoxy groups -OCH3 is 1. The number of guanidine groups is 1. The third-order valence-electron chi connectivity index (χ3n) is 2.85. The molecule has 4 nitrogen and oxygen atoms in total. The number of ether oxygens (including phenoxy) is 1. The van der Waals surface area contributed by atoms with Crippen LogP contribution in [0, 0.1) is 6.92 Å². The van der Waals surface area contributed by atoms with E-state index in [0.717, 1.165) is 31.2 Å². The Morgan fingerprint density at radius 2 is 2.00 bits per heavy atom. The molecule has 1 rings (SSSR count). The Labute approximate surface area is 139 Å². The van der Waals surface area contributed by atoms with Crippen LogP contribution in [0.5, 0.6) is 5.75 Å². The number of rotatable bonds is 6. The van der Waals surface area contributed by atoms with E-state index in [9.17, 15) is 0 Å². The Morgan fingerprint density at radius 1 is 1.25 bits per heavy atom. The summed E-state index contributed by atoms with van der Waals surface area (Å²) >= 11 is 0.